The number of aliphatic hydroxyl groups is 1. The second kappa shape index (κ2) is 8.06. The van der Waals surface area contributed by atoms with E-state index in [4.69, 9.17) is 4.74 Å². The number of methoxy groups -OCH3 is 1. The lowest BCUT2D eigenvalue weighted by Crippen LogP contribution is -2.62. The Morgan fingerprint density at radius 3 is 2.40 bits per heavy atom. The summed E-state index contributed by atoms with van der Waals surface area (Å²) in [5.74, 6) is 1.12. The van der Waals surface area contributed by atoms with Crippen LogP contribution in [-0.2, 0) is 9.53 Å². The summed E-state index contributed by atoms with van der Waals surface area (Å²) in [6, 6.07) is 0. The molecule has 0 aromatic carbocycles. The molecule has 0 aromatic heterocycles. The molecule has 3 fully saturated rings. The zero-order valence-corrected chi connectivity index (χ0v) is 19.1. The highest BCUT2D eigenvalue weighted by Gasteiger charge is 2.65. The maximum Gasteiger partial charge on any atom is 0.417 e. The normalized spacial score (nSPS) is 45.4. The monoisotopic (exact) mass is 432 g/mol. The first-order valence-electron chi connectivity index (χ1n) is 11.6. The Bertz CT molecular complexity index is 650. The van der Waals surface area contributed by atoms with Crippen LogP contribution in [0, 0.1) is 40.4 Å². The van der Waals surface area contributed by atoms with Gasteiger partial charge < -0.3 is 9.84 Å². The van der Waals surface area contributed by atoms with Gasteiger partial charge >= 0.3 is 6.18 Å². The van der Waals surface area contributed by atoms with Crippen LogP contribution in [0.15, 0.2) is 0 Å². The smallest absolute Gasteiger partial charge is 0.384 e. The Balaban J connectivity index is 1.95. The molecule has 0 radical (unpaired) electrons. The average molecular weight is 433 g/mol. The van der Waals surface area contributed by atoms with Gasteiger partial charge in [0.05, 0.1) is 6.61 Å². The van der Waals surface area contributed by atoms with Crippen molar-refractivity contribution in [2.75, 3.05) is 13.7 Å². The number of alkyl halides is 3. The number of hydrogen-bond acceptors (Lipinski definition) is 3. The molecule has 0 saturated heterocycles. The SMILES string of the molecule is CC[C@H]1[C@@H]2CC[C@@H]3C[C@@](O)(C(F)(F)F)CC[C@]3(COC)[C@H]2CC[C@]1(C)[C@H](C)C(C)=O. The van der Waals surface area contributed by atoms with E-state index in [-0.39, 0.29) is 41.3 Å². The first kappa shape index (κ1) is 24.0. The van der Waals surface area contributed by atoms with E-state index >= 15 is 0 Å². The minimum absolute atomic E-state index is 0.0128. The fourth-order valence-corrected chi connectivity index (χ4v) is 7.97. The van der Waals surface area contributed by atoms with Crippen LogP contribution in [0.3, 0.4) is 0 Å². The van der Waals surface area contributed by atoms with E-state index in [9.17, 15) is 23.1 Å². The lowest BCUT2D eigenvalue weighted by molar-refractivity contribution is -0.294. The van der Waals surface area contributed by atoms with Crippen LogP contribution in [0.1, 0.15) is 79.1 Å². The van der Waals surface area contributed by atoms with Gasteiger partial charge in [0.15, 0.2) is 5.60 Å². The molecule has 174 valence electrons. The predicted molar refractivity (Wildman–Crippen MR) is 110 cm³/mol. The van der Waals surface area contributed by atoms with Crippen LogP contribution in [0.5, 0.6) is 0 Å². The van der Waals surface area contributed by atoms with Crippen LogP contribution in [0.4, 0.5) is 13.2 Å². The van der Waals surface area contributed by atoms with Gasteiger partial charge in [0, 0.05) is 13.0 Å². The van der Waals surface area contributed by atoms with Gasteiger partial charge in [-0.1, -0.05) is 27.2 Å². The van der Waals surface area contributed by atoms with Crippen molar-refractivity contribution in [1.82, 2.24) is 0 Å². The molecule has 3 aliphatic rings. The molecular formula is C24H39F3O3. The molecule has 3 rings (SSSR count). The zero-order valence-electron chi connectivity index (χ0n) is 19.1. The number of hydrogen-bond donors (Lipinski definition) is 1. The number of carbonyl (C=O) groups is 1. The highest BCUT2D eigenvalue weighted by atomic mass is 19.4. The number of rotatable bonds is 5. The first-order valence-corrected chi connectivity index (χ1v) is 11.6. The standard InChI is InChI=1S/C24H39F3O3/c1-6-19-18-8-7-17-13-23(29,24(25,26)27)12-11-22(17,14-30-5)20(18)9-10-21(19,4)15(2)16(3)28/h15,17-20,29H,6-14H2,1-5H3/t15-,17-,18+,19+,20+,21-,22-,23-/m1/s1. The van der Waals surface area contributed by atoms with Crippen molar-refractivity contribution >= 4 is 5.78 Å². The van der Waals surface area contributed by atoms with Crippen molar-refractivity contribution in [3.8, 4) is 0 Å². The zero-order chi connectivity index (χ0) is 22.5. The summed E-state index contributed by atoms with van der Waals surface area (Å²) in [6.45, 7) is 8.63. The maximum atomic E-state index is 13.6. The molecule has 0 aliphatic heterocycles. The van der Waals surface area contributed by atoms with Gasteiger partial charge in [-0.25, -0.2) is 0 Å². The Labute approximate surface area is 179 Å². The maximum absolute atomic E-state index is 13.6. The topological polar surface area (TPSA) is 46.5 Å². The average Bonchev–Trinajstić information content (AvgIpc) is 2.66. The number of Topliss-reactive ketones (excluding diaryl/α,β-unsaturated/α-hetero) is 1. The molecule has 0 spiro atoms. The van der Waals surface area contributed by atoms with Gasteiger partial charge in [0.25, 0.3) is 0 Å². The summed E-state index contributed by atoms with van der Waals surface area (Å²) in [6.07, 6.45) is -0.255. The summed E-state index contributed by atoms with van der Waals surface area (Å²) in [5.41, 5.74) is -2.94. The third kappa shape index (κ3) is 3.54. The summed E-state index contributed by atoms with van der Waals surface area (Å²) >= 11 is 0. The van der Waals surface area contributed by atoms with E-state index in [1.165, 1.54) is 0 Å². The number of halogens is 3. The molecule has 3 saturated carbocycles. The molecule has 0 heterocycles. The van der Waals surface area contributed by atoms with E-state index in [2.05, 4.69) is 13.8 Å². The van der Waals surface area contributed by atoms with Crippen molar-refractivity contribution in [2.45, 2.75) is 90.8 Å². The van der Waals surface area contributed by atoms with Crippen molar-refractivity contribution in [2.24, 2.45) is 40.4 Å². The Kier molecular flexibility index (Phi) is 6.46. The fourth-order valence-electron chi connectivity index (χ4n) is 7.97. The van der Waals surface area contributed by atoms with Crippen molar-refractivity contribution in [1.29, 1.82) is 0 Å². The van der Waals surface area contributed by atoms with E-state index in [1.54, 1.807) is 14.0 Å². The Morgan fingerprint density at radius 2 is 1.87 bits per heavy atom. The predicted octanol–water partition coefficient (Wildman–Crippen LogP) is 5.79. The van der Waals surface area contributed by atoms with Gasteiger partial charge in [-0.15, -0.1) is 0 Å². The van der Waals surface area contributed by atoms with E-state index in [1.807, 2.05) is 6.92 Å². The van der Waals surface area contributed by atoms with Crippen molar-refractivity contribution in [3.05, 3.63) is 0 Å². The van der Waals surface area contributed by atoms with Gasteiger partial charge in [-0.2, -0.15) is 13.2 Å². The van der Waals surface area contributed by atoms with Gasteiger partial charge in [0.2, 0.25) is 0 Å². The quantitative estimate of drug-likeness (QED) is 0.598. The van der Waals surface area contributed by atoms with Gasteiger partial charge in [-0.3, -0.25) is 4.79 Å². The minimum atomic E-state index is -4.59. The summed E-state index contributed by atoms with van der Waals surface area (Å²) in [5, 5.41) is 10.4. The largest absolute Gasteiger partial charge is 0.417 e. The van der Waals surface area contributed by atoms with E-state index < -0.39 is 11.8 Å². The van der Waals surface area contributed by atoms with E-state index in [0.717, 1.165) is 25.7 Å². The molecule has 3 aliphatic carbocycles. The summed E-state index contributed by atoms with van der Waals surface area (Å²) in [7, 11) is 1.64. The molecule has 3 nitrogen and oxygen atoms in total. The molecular weight excluding hydrogens is 393 g/mol. The molecule has 0 unspecified atom stereocenters. The molecule has 8 atom stereocenters. The highest BCUT2D eigenvalue weighted by molar-refractivity contribution is 5.78. The first-order chi connectivity index (χ1) is 13.9. The molecule has 6 heteroatoms. The second-order valence-corrected chi connectivity index (χ2v) is 10.8. The summed E-state index contributed by atoms with van der Waals surface area (Å²) in [4.78, 5) is 12.3. The highest BCUT2D eigenvalue weighted by Crippen LogP contribution is 2.66. The van der Waals surface area contributed by atoms with Crippen LogP contribution < -0.4 is 0 Å². The van der Waals surface area contributed by atoms with Crippen molar-refractivity contribution in [3.63, 3.8) is 0 Å². The van der Waals surface area contributed by atoms with Gasteiger partial charge in [0.1, 0.15) is 5.78 Å². The lowest BCUT2D eigenvalue weighted by atomic mass is 9.42. The third-order valence-corrected chi connectivity index (χ3v) is 9.84. The molecule has 30 heavy (non-hydrogen) atoms. The van der Waals surface area contributed by atoms with Gasteiger partial charge in [-0.05, 0) is 86.4 Å². The van der Waals surface area contributed by atoms with Crippen LogP contribution in [0.2, 0.25) is 0 Å². The van der Waals surface area contributed by atoms with E-state index in [0.29, 0.717) is 37.2 Å². The molecule has 1 N–H and O–H groups in total. The fraction of sp³-hybridized carbons (Fsp3) is 0.958. The number of ketones is 1. The Hall–Kier alpha value is -0.620. The lowest BCUT2D eigenvalue weighted by Gasteiger charge is -2.63. The summed E-state index contributed by atoms with van der Waals surface area (Å²) < 4.78 is 46.4. The van der Waals surface area contributed by atoms with Crippen LogP contribution in [-0.4, -0.2) is 36.4 Å². The number of ether oxygens (including phenoxy) is 1. The molecule has 0 bridgehead atoms. The minimum Gasteiger partial charge on any atom is -0.384 e. The second-order valence-electron chi connectivity index (χ2n) is 10.8. The van der Waals surface area contributed by atoms with Crippen molar-refractivity contribution < 1.29 is 27.8 Å². The van der Waals surface area contributed by atoms with Crippen LogP contribution >= 0.6 is 0 Å². The number of fused-ring (bicyclic) bond motifs is 3. The third-order valence-electron chi connectivity index (χ3n) is 9.84. The molecule has 0 amide bonds. The Morgan fingerprint density at radius 1 is 1.20 bits per heavy atom. The number of carbonyl (C=O) groups excluding carboxylic acids is 1. The van der Waals surface area contributed by atoms with Crippen LogP contribution in [0.25, 0.3) is 0 Å². The molecule has 0 aromatic rings.